The fourth-order valence-corrected chi connectivity index (χ4v) is 1.60. The fraction of sp³-hybridized carbons (Fsp3) is 0.600. The largest absolute Gasteiger partial charge is 0.0654 e. The van der Waals surface area contributed by atoms with Gasteiger partial charge in [-0.1, -0.05) is 71.2 Å². The van der Waals surface area contributed by atoms with E-state index in [9.17, 15) is 0 Å². The minimum absolute atomic E-state index is 1.16. The Labute approximate surface area is 95.7 Å². The Kier molecular flexibility index (Phi) is 9.26. The fourth-order valence-electron chi connectivity index (χ4n) is 1.60. The number of benzene rings is 1. The molecule has 0 spiro atoms. The zero-order valence-corrected chi connectivity index (χ0v) is 10.8. The van der Waals surface area contributed by atoms with Gasteiger partial charge in [-0.25, -0.2) is 0 Å². The molecule has 0 saturated carbocycles. The van der Waals surface area contributed by atoms with Crippen LogP contribution in [0.3, 0.4) is 0 Å². The highest BCUT2D eigenvalue weighted by Gasteiger charge is 1.93. The van der Waals surface area contributed by atoms with Crippen LogP contribution in [0.1, 0.15) is 58.1 Å². The van der Waals surface area contributed by atoms with E-state index in [0.29, 0.717) is 0 Å². The van der Waals surface area contributed by atoms with E-state index < -0.39 is 0 Å². The molecule has 1 rings (SSSR count). The summed E-state index contributed by atoms with van der Waals surface area (Å²) in [5.74, 6) is 0. The molecule has 0 atom stereocenters. The summed E-state index contributed by atoms with van der Waals surface area (Å²) in [6.45, 7) is 8.83. The topological polar surface area (TPSA) is 0 Å². The Bertz CT molecular complexity index is 213. The highest BCUT2D eigenvalue weighted by atomic mass is 14.0. The maximum absolute atomic E-state index is 2.21. The van der Waals surface area contributed by atoms with Crippen LogP contribution in [0.4, 0.5) is 0 Å². The van der Waals surface area contributed by atoms with Gasteiger partial charge in [-0.05, 0) is 24.0 Å². The first-order chi connectivity index (χ1) is 7.29. The zero-order valence-electron chi connectivity index (χ0n) is 10.8. The molecule has 1 aromatic carbocycles. The summed E-state index contributed by atoms with van der Waals surface area (Å²) in [6.07, 6.45) is 6.39. The van der Waals surface area contributed by atoms with Gasteiger partial charge in [0.25, 0.3) is 0 Å². The van der Waals surface area contributed by atoms with Gasteiger partial charge in [-0.3, -0.25) is 0 Å². The highest BCUT2D eigenvalue weighted by Crippen LogP contribution is 2.08. The molecule has 0 fully saturated rings. The first-order valence-electron chi connectivity index (χ1n) is 6.36. The van der Waals surface area contributed by atoms with Gasteiger partial charge in [0.1, 0.15) is 0 Å². The van der Waals surface area contributed by atoms with Crippen LogP contribution in [-0.4, -0.2) is 0 Å². The second-order valence-electron chi connectivity index (χ2n) is 3.83. The number of rotatable bonds is 4. The van der Waals surface area contributed by atoms with E-state index in [0.717, 1.165) is 12.8 Å². The molecule has 0 aliphatic carbocycles. The Morgan fingerprint density at radius 2 is 1.13 bits per heavy atom. The Balaban J connectivity index is 0.000000336. The van der Waals surface area contributed by atoms with E-state index in [4.69, 9.17) is 0 Å². The molecule has 1 aromatic rings. The van der Waals surface area contributed by atoms with Gasteiger partial charge in [0.05, 0.1) is 0 Å². The molecule has 0 heterocycles. The first-order valence-corrected chi connectivity index (χ1v) is 6.36. The van der Waals surface area contributed by atoms with Crippen LogP contribution in [0.15, 0.2) is 24.3 Å². The van der Waals surface area contributed by atoms with Crippen molar-refractivity contribution in [2.75, 3.05) is 0 Å². The molecule has 0 radical (unpaired) electrons. The molecule has 0 bridgehead atoms. The minimum Gasteiger partial charge on any atom is -0.0654 e. The van der Waals surface area contributed by atoms with Crippen LogP contribution in [0, 0.1) is 0 Å². The lowest BCUT2D eigenvalue weighted by atomic mass is 10.0. The van der Waals surface area contributed by atoms with E-state index in [2.05, 4.69) is 52.0 Å². The van der Waals surface area contributed by atoms with Crippen LogP contribution < -0.4 is 0 Å². The van der Waals surface area contributed by atoms with Gasteiger partial charge >= 0.3 is 0 Å². The lowest BCUT2D eigenvalue weighted by Crippen LogP contribution is -1.88. The van der Waals surface area contributed by atoms with Gasteiger partial charge in [0.2, 0.25) is 0 Å². The van der Waals surface area contributed by atoms with Crippen LogP contribution in [0.2, 0.25) is 0 Å². The van der Waals surface area contributed by atoms with Crippen molar-refractivity contribution in [1.29, 1.82) is 0 Å². The normalized spacial score (nSPS) is 9.33. The average molecular weight is 206 g/mol. The van der Waals surface area contributed by atoms with Crippen molar-refractivity contribution in [2.45, 2.75) is 59.8 Å². The number of unbranched alkanes of at least 4 members (excludes halogenated alkanes) is 2. The van der Waals surface area contributed by atoms with Crippen LogP contribution in [-0.2, 0) is 12.8 Å². The quantitative estimate of drug-likeness (QED) is 0.649. The number of aryl methyl sites for hydroxylation is 2. The van der Waals surface area contributed by atoms with E-state index >= 15 is 0 Å². The summed E-state index contributed by atoms with van der Waals surface area (Å²) in [5, 5.41) is 0. The number of hydrogen-bond acceptors (Lipinski definition) is 0. The van der Waals surface area contributed by atoms with E-state index in [1.807, 2.05) is 0 Å². The van der Waals surface area contributed by atoms with Crippen molar-refractivity contribution < 1.29 is 0 Å². The molecule has 0 heteroatoms. The third kappa shape index (κ3) is 6.33. The maximum Gasteiger partial charge on any atom is -0.0305 e. The van der Waals surface area contributed by atoms with E-state index in [1.54, 1.807) is 0 Å². The predicted octanol–water partition coefficient (Wildman–Crippen LogP) is 5.01. The predicted molar refractivity (Wildman–Crippen MR) is 70.4 cm³/mol. The summed E-state index contributed by atoms with van der Waals surface area (Å²) in [6, 6.07) is 8.63. The molecule has 86 valence electrons. The van der Waals surface area contributed by atoms with Crippen molar-refractivity contribution in [3.05, 3.63) is 35.4 Å². The second-order valence-corrected chi connectivity index (χ2v) is 3.83. The van der Waals surface area contributed by atoms with Gasteiger partial charge in [0, 0.05) is 0 Å². The lowest BCUT2D eigenvalue weighted by molar-refractivity contribution is 0.772. The first kappa shape index (κ1) is 14.2. The molecule has 0 amide bonds. The summed E-state index contributed by atoms with van der Waals surface area (Å²) in [7, 11) is 0. The van der Waals surface area contributed by atoms with E-state index in [-0.39, 0.29) is 0 Å². The summed E-state index contributed by atoms with van der Waals surface area (Å²) >= 11 is 0. The maximum atomic E-state index is 2.21. The third-order valence-electron chi connectivity index (χ3n) is 2.59. The molecule has 0 saturated heterocycles. The van der Waals surface area contributed by atoms with Crippen molar-refractivity contribution >= 4 is 0 Å². The Hall–Kier alpha value is -0.780. The second kappa shape index (κ2) is 9.76. The van der Waals surface area contributed by atoms with Crippen LogP contribution >= 0.6 is 0 Å². The van der Waals surface area contributed by atoms with Crippen molar-refractivity contribution in [2.24, 2.45) is 0 Å². The molecule has 0 aromatic heterocycles. The Morgan fingerprint density at radius 3 is 1.33 bits per heavy atom. The SMILES string of the molecule is CCCCC.CCc1ccccc1CC. The molecule has 0 unspecified atom stereocenters. The molecular formula is C15H26. The van der Waals surface area contributed by atoms with Gasteiger partial charge in [-0.2, -0.15) is 0 Å². The van der Waals surface area contributed by atoms with E-state index in [1.165, 1.54) is 30.4 Å². The van der Waals surface area contributed by atoms with Crippen LogP contribution in [0.5, 0.6) is 0 Å². The average Bonchev–Trinajstić information content (AvgIpc) is 2.31. The third-order valence-corrected chi connectivity index (χ3v) is 2.59. The number of hydrogen-bond donors (Lipinski definition) is 0. The lowest BCUT2D eigenvalue weighted by Gasteiger charge is -2.02. The summed E-state index contributed by atoms with van der Waals surface area (Å²) in [4.78, 5) is 0. The minimum atomic E-state index is 1.16. The molecular weight excluding hydrogens is 180 g/mol. The highest BCUT2D eigenvalue weighted by molar-refractivity contribution is 5.26. The molecule has 0 aliphatic rings. The zero-order chi connectivity index (χ0) is 11.5. The Morgan fingerprint density at radius 1 is 0.733 bits per heavy atom. The molecule has 0 aliphatic heterocycles. The van der Waals surface area contributed by atoms with Gasteiger partial charge < -0.3 is 0 Å². The molecule has 15 heavy (non-hydrogen) atoms. The molecule has 0 N–H and O–H groups in total. The summed E-state index contributed by atoms with van der Waals surface area (Å²) < 4.78 is 0. The monoisotopic (exact) mass is 206 g/mol. The van der Waals surface area contributed by atoms with Crippen molar-refractivity contribution in [3.8, 4) is 0 Å². The molecule has 0 nitrogen and oxygen atoms in total. The smallest absolute Gasteiger partial charge is 0.0305 e. The van der Waals surface area contributed by atoms with Crippen molar-refractivity contribution in [1.82, 2.24) is 0 Å². The van der Waals surface area contributed by atoms with Crippen LogP contribution in [0.25, 0.3) is 0 Å². The summed E-state index contributed by atoms with van der Waals surface area (Å²) in [5.41, 5.74) is 2.98. The standard InChI is InChI=1S/C10H14.C5H12/c1-3-9-7-5-6-8-10(9)4-2;1-3-5-4-2/h5-8H,3-4H2,1-2H3;3-5H2,1-2H3. The van der Waals surface area contributed by atoms with Gasteiger partial charge in [0.15, 0.2) is 0 Å². The van der Waals surface area contributed by atoms with Gasteiger partial charge in [-0.15, -0.1) is 0 Å². The van der Waals surface area contributed by atoms with Crippen molar-refractivity contribution in [3.63, 3.8) is 0 Å².